The van der Waals surface area contributed by atoms with Crippen molar-refractivity contribution in [3.8, 4) is 0 Å². The van der Waals surface area contributed by atoms with Crippen LogP contribution in [0.2, 0.25) is 5.02 Å². The summed E-state index contributed by atoms with van der Waals surface area (Å²) in [5.41, 5.74) is 1.65. The number of hydrogen-bond donors (Lipinski definition) is 2. The van der Waals surface area contributed by atoms with Crippen molar-refractivity contribution in [2.45, 2.75) is 18.4 Å². The Hall–Kier alpha value is -1.00. The van der Waals surface area contributed by atoms with Crippen molar-refractivity contribution in [3.63, 3.8) is 0 Å². The first-order chi connectivity index (χ1) is 8.19. The molecule has 3 rings (SSSR count). The predicted molar refractivity (Wildman–Crippen MR) is 66.3 cm³/mol. The fraction of sp³-hybridized carbons (Fsp3) is 0.500. The van der Waals surface area contributed by atoms with Crippen LogP contribution in [0.1, 0.15) is 12.8 Å². The fourth-order valence-corrected chi connectivity index (χ4v) is 2.62. The second kappa shape index (κ2) is 4.03. The second-order valence-electron chi connectivity index (χ2n) is 4.68. The van der Waals surface area contributed by atoms with Crippen molar-refractivity contribution in [2.75, 3.05) is 30.4 Å². The normalized spacial score (nSPS) is 21.5. The second-order valence-corrected chi connectivity index (χ2v) is 5.09. The number of rotatable bonds is 0. The Morgan fingerprint density at radius 2 is 2.00 bits per heavy atom. The summed E-state index contributed by atoms with van der Waals surface area (Å²) in [6, 6.07) is 3.09. The van der Waals surface area contributed by atoms with Gasteiger partial charge in [-0.3, -0.25) is 0 Å². The van der Waals surface area contributed by atoms with Gasteiger partial charge in [-0.25, -0.2) is 4.39 Å². The van der Waals surface area contributed by atoms with Crippen molar-refractivity contribution < 1.29 is 9.13 Å². The van der Waals surface area contributed by atoms with Gasteiger partial charge in [0.1, 0.15) is 5.82 Å². The van der Waals surface area contributed by atoms with E-state index in [-0.39, 0.29) is 16.4 Å². The molecule has 3 nitrogen and oxygen atoms in total. The zero-order chi connectivity index (χ0) is 11.9. The molecule has 0 radical (unpaired) electrons. The first-order valence-corrected chi connectivity index (χ1v) is 6.15. The number of benzene rings is 1. The fourth-order valence-electron chi connectivity index (χ4n) is 2.45. The van der Waals surface area contributed by atoms with Gasteiger partial charge in [-0.15, -0.1) is 0 Å². The molecule has 0 unspecified atom stereocenters. The van der Waals surface area contributed by atoms with Crippen LogP contribution in [0, 0.1) is 5.82 Å². The zero-order valence-corrected chi connectivity index (χ0v) is 10.1. The van der Waals surface area contributed by atoms with E-state index in [1.165, 1.54) is 6.07 Å². The van der Waals surface area contributed by atoms with E-state index in [2.05, 4.69) is 10.6 Å². The first-order valence-electron chi connectivity index (χ1n) is 5.77. The lowest BCUT2D eigenvalue weighted by molar-refractivity contribution is 0.0634. The summed E-state index contributed by atoms with van der Waals surface area (Å²) in [4.78, 5) is 0. The monoisotopic (exact) mass is 256 g/mol. The molecule has 5 heteroatoms. The van der Waals surface area contributed by atoms with Gasteiger partial charge in [-0.1, -0.05) is 11.6 Å². The van der Waals surface area contributed by atoms with Gasteiger partial charge in [-0.05, 0) is 18.9 Å². The van der Waals surface area contributed by atoms with E-state index in [1.807, 2.05) is 0 Å². The summed E-state index contributed by atoms with van der Waals surface area (Å²) < 4.78 is 18.8. The van der Waals surface area contributed by atoms with Crippen LogP contribution in [0.15, 0.2) is 12.1 Å². The van der Waals surface area contributed by atoms with Gasteiger partial charge < -0.3 is 15.4 Å². The predicted octanol–water partition coefficient (Wildman–Crippen LogP) is 2.87. The van der Waals surface area contributed by atoms with E-state index >= 15 is 0 Å². The van der Waals surface area contributed by atoms with E-state index < -0.39 is 0 Å². The Bertz CT molecular complexity index is 446. The van der Waals surface area contributed by atoms with Crippen LogP contribution in [0.5, 0.6) is 0 Å². The maximum Gasteiger partial charge on any atom is 0.143 e. The minimum absolute atomic E-state index is 0.00841. The molecule has 0 aliphatic carbocycles. The number of nitrogens with one attached hydrogen (secondary N) is 2. The highest BCUT2D eigenvalue weighted by molar-refractivity contribution is 6.31. The van der Waals surface area contributed by atoms with Gasteiger partial charge in [0.2, 0.25) is 0 Å². The summed E-state index contributed by atoms with van der Waals surface area (Å²) >= 11 is 5.76. The highest BCUT2D eigenvalue weighted by Gasteiger charge is 2.35. The zero-order valence-electron chi connectivity index (χ0n) is 9.35. The van der Waals surface area contributed by atoms with Gasteiger partial charge in [-0.2, -0.15) is 0 Å². The molecule has 2 aliphatic heterocycles. The van der Waals surface area contributed by atoms with Crippen LogP contribution in [0.3, 0.4) is 0 Å². The molecule has 1 aromatic carbocycles. The lowest BCUT2D eigenvalue weighted by Crippen LogP contribution is -2.51. The van der Waals surface area contributed by atoms with Crippen LogP contribution in [0.4, 0.5) is 15.8 Å². The Kier molecular flexibility index (Phi) is 2.64. The van der Waals surface area contributed by atoms with Crippen molar-refractivity contribution in [1.29, 1.82) is 0 Å². The van der Waals surface area contributed by atoms with E-state index in [9.17, 15) is 4.39 Å². The van der Waals surface area contributed by atoms with Crippen LogP contribution in [0.25, 0.3) is 0 Å². The number of hydrogen-bond acceptors (Lipinski definition) is 3. The average molecular weight is 257 g/mol. The molecule has 2 heterocycles. The van der Waals surface area contributed by atoms with E-state index in [1.54, 1.807) is 6.07 Å². The topological polar surface area (TPSA) is 33.3 Å². The number of ether oxygens (including phenoxy) is 1. The molecular formula is C12H14ClFN2O. The largest absolute Gasteiger partial charge is 0.381 e. The standard InChI is InChI=1S/C12H14ClFN2O/c13-8-5-10-11(6-9(8)14)16-12(7-15-10)1-3-17-4-2-12/h5-6,15-16H,1-4,7H2. The van der Waals surface area contributed by atoms with Crippen molar-refractivity contribution in [1.82, 2.24) is 0 Å². The quantitative estimate of drug-likeness (QED) is 0.749. The van der Waals surface area contributed by atoms with Gasteiger partial charge in [0.05, 0.1) is 21.9 Å². The molecule has 0 atom stereocenters. The van der Waals surface area contributed by atoms with Gasteiger partial charge >= 0.3 is 0 Å². The van der Waals surface area contributed by atoms with Gasteiger partial charge in [0.15, 0.2) is 0 Å². The maximum absolute atomic E-state index is 13.4. The number of halogens is 2. The van der Waals surface area contributed by atoms with Crippen molar-refractivity contribution in [2.24, 2.45) is 0 Å². The molecular weight excluding hydrogens is 243 g/mol. The average Bonchev–Trinajstić information content (AvgIpc) is 2.33. The molecule has 1 fully saturated rings. The van der Waals surface area contributed by atoms with Gasteiger partial charge in [0.25, 0.3) is 0 Å². The van der Waals surface area contributed by atoms with Crippen molar-refractivity contribution in [3.05, 3.63) is 23.0 Å². The SMILES string of the molecule is Fc1cc2c(cc1Cl)NCC1(CCOCC1)N2. The minimum atomic E-state index is -0.385. The molecule has 2 aliphatic rings. The first kappa shape index (κ1) is 11.1. The molecule has 0 aromatic heterocycles. The highest BCUT2D eigenvalue weighted by atomic mass is 35.5. The third-order valence-corrected chi connectivity index (χ3v) is 3.82. The van der Waals surface area contributed by atoms with Crippen LogP contribution < -0.4 is 10.6 Å². The molecule has 0 amide bonds. The Morgan fingerprint density at radius 3 is 2.76 bits per heavy atom. The minimum Gasteiger partial charge on any atom is -0.381 e. The number of anilines is 2. The molecule has 2 N–H and O–H groups in total. The van der Waals surface area contributed by atoms with Crippen LogP contribution in [-0.4, -0.2) is 25.3 Å². The Morgan fingerprint density at radius 1 is 1.24 bits per heavy atom. The molecule has 1 saturated heterocycles. The summed E-state index contributed by atoms with van der Waals surface area (Å²) in [5.74, 6) is -0.385. The smallest absolute Gasteiger partial charge is 0.143 e. The molecule has 1 aromatic rings. The molecule has 1 spiro atoms. The maximum atomic E-state index is 13.4. The molecule has 92 valence electrons. The van der Waals surface area contributed by atoms with E-state index in [4.69, 9.17) is 16.3 Å². The van der Waals surface area contributed by atoms with E-state index in [0.717, 1.165) is 44.0 Å². The lowest BCUT2D eigenvalue weighted by Gasteiger charge is -2.43. The van der Waals surface area contributed by atoms with Crippen LogP contribution >= 0.6 is 11.6 Å². The van der Waals surface area contributed by atoms with Gasteiger partial charge in [0, 0.05) is 25.8 Å². The Balaban J connectivity index is 1.91. The summed E-state index contributed by atoms with van der Waals surface area (Å²) in [6.45, 7) is 2.32. The van der Waals surface area contributed by atoms with E-state index in [0.29, 0.717) is 0 Å². The van der Waals surface area contributed by atoms with Crippen LogP contribution in [-0.2, 0) is 4.74 Å². The molecule has 0 saturated carbocycles. The highest BCUT2D eigenvalue weighted by Crippen LogP contribution is 2.37. The number of fused-ring (bicyclic) bond motifs is 1. The Labute approximate surface area is 104 Å². The van der Waals surface area contributed by atoms with Crippen molar-refractivity contribution >= 4 is 23.0 Å². The summed E-state index contributed by atoms with van der Waals surface area (Å²) in [5, 5.41) is 6.91. The lowest BCUT2D eigenvalue weighted by atomic mass is 9.87. The third kappa shape index (κ3) is 1.96. The molecule has 17 heavy (non-hydrogen) atoms. The third-order valence-electron chi connectivity index (χ3n) is 3.53. The molecule has 0 bridgehead atoms. The summed E-state index contributed by atoms with van der Waals surface area (Å²) in [7, 11) is 0. The summed E-state index contributed by atoms with van der Waals surface area (Å²) in [6.07, 6.45) is 1.87.